The van der Waals surface area contributed by atoms with Crippen LogP contribution in [0.3, 0.4) is 0 Å². The first-order valence-electron chi connectivity index (χ1n) is 20.6. The molecule has 0 unspecified atom stereocenters. The molecule has 2 aromatic rings. The predicted octanol–water partition coefficient (Wildman–Crippen LogP) is 9.33. The summed E-state index contributed by atoms with van der Waals surface area (Å²) in [7, 11) is 0. The molecule has 0 radical (unpaired) electrons. The number of rotatable bonds is 13. The van der Waals surface area contributed by atoms with Gasteiger partial charge in [-0.25, -0.2) is 9.59 Å². The van der Waals surface area contributed by atoms with Crippen LogP contribution < -0.4 is 10.0 Å². The van der Waals surface area contributed by atoms with Gasteiger partial charge in [-0.15, -0.1) is 0 Å². The lowest BCUT2D eigenvalue weighted by molar-refractivity contribution is -0.163. The van der Waals surface area contributed by atoms with Gasteiger partial charge in [0, 0.05) is 37.6 Å². The van der Waals surface area contributed by atoms with Crippen LogP contribution in [0.2, 0.25) is 0 Å². The summed E-state index contributed by atoms with van der Waals surface area (Å²) in [5.41, 5.74) is 1.36. The van der Waals surface area contributed by atoms with Crippen LogP contribution in [0.5, 0.6) is 0 Å². The summed E-state index contributed by atoms with van der Waals surface area (Å²) in [6.07, 6.45) is 1.64. The molecule has 2 aliphatic rings. The number of likely N-dealkylation sites (tertiary alicyclic amines) is 2. The van der Waals surface area contributed by atoms with E-state index in [9.17, 15) is 19.2 Å². The van der Waals surface area contributed by atoms with E-state index in [-0.39, 0.29) is 36.0 Å². The number of carbonyl (C=O) groups is 4. The quantitative estimate of drug-likeness (QED) is 0.0658. The first-order chi connectivity index (χ1) is 26.8. The lowest BCUT2D eigenvalue weighted by Gasteiger charge is -2.28. The Morgan fingerprint density at radius 3 is 1.43 bits per heavy atom. The van der Waals surface area contributed by atoms with Crippen molar-refractivity contribution in [3.8, 4) is 0 Å². The van der Waals surface area contributed by atoms with Gasteiger partial charge in [0.1, 0.15) is 22.4 Å². The molecular formula is C45H68N4O8S. The molecule has 2 N–H and O–H groups in total. The minimum atomic E-state index is -0.633. The normalized spacial score (nSPS) is 18.6. The maximum absolute atomic E-state index is 13.6. The van der Waals surface area contributed by atoms with E-state index in [1.165, 1.54) is 11.9 Å². The highest BCUT2D eigenvalue weighted by Gasteiger charge is 2.40. The number of anilines is 2. The third-order valence-electron chi connectivity index (χ3n) is 9.61. The van der Waals surface area contributed by atoms with Crippen LogP contribution in [0.15, 0.2) is 48.5 Å². The third-order valence-corrected chi connectivity index (χ3v) is 10.3. The molecule has 0 aliphatic carbocycles. The van der Waals surface area contributed by atoms with E-state index < -0.39 is 34.2 Å². The first kappa shape index (κ1) is 46.6. The largest absolute Gasteiger partial charge is 0.460 e. The molecule has 0 bridgehead atoms. The summed E-state index contributed by atoms with van der Waals surface area (Å²) >= 11 is 1.50. The number of esters is 2. The van der Waals surface area contributed by atoms with Crippen molar-refractivity contribution in [1.82, 2.24) is 9.80 Å². The Kier molecular flexibility index (Phi) is 15.5. The van der Waals surface area contributed by atoms with Gasteiger partial charge in [0.25, 0.3) is 0 Å². The fourth-order valence-corrected chi connectivity index (χ4v) is 7.78. The minimum Gasteiger partial charge on any atom is -0.460 e. The topological polar surface area (TPSA) is 136 Å². The van der Waals surface area contributed by atoms with Gasteiger partial charge in [0.05, 0.1) is 17.7 Å². The number of nitrogens with one attached hydrogen (secondary N) is 2. The lowest BCUT2D eigenvalue weighted by atomic mass is 9.86. The SMILES string of the molecule is CC(C)(C)OC(=O)[C@@H](Cc1cccc(NCSNc2cccc(C[C@H](C(=O)OC(C)(C)C)[C@H]3CCN(C(=O)OC(C)(C)C)C3)c2)c1)[C@H]1CCN(C(=O)OC(C)(C)C)C1. The molecule has 13 heteroatoms. The van der Waals surface area contributed by atoms with Crippen LogP contribution in [-0.4, -0.2) is 88.4 Å². The van der Waals surface area contributed by atoms with Gasteiger partial charge >= 0.3 is 24.1 Å². The van der Waals surface area contributed by atoms with E-state index >= 15 is 0 Å². The van der Waals surface area contributed by atoms with Crippen molar-refractivity contribution in [3.63, 3.8) is 0 Å². The van der Waals surface area contributed by atoms with Crippen LogP contribution in [0.25, 0.3) is 0 Å². The number of amides is 2. The molecular weight excluding hydrogens is 757 g/mol. The van der Waals surface area contributed by atoms with Gasteiger partial charge in [-0.2, -0.15) is 0 Å². The zero-order chi connectivity index (χ0) is 43.1. The zero-order valence-electron chi connectivity index (χ0n) is 36.9. The van der Waals surface area contributed by atoms with E-state index in [0.717, 1.165) is 22.5 Å². The Morgan fingerprint density at radius 1 is 0.621 bits per heavy atom. The molecule has 322 valence electrons. The van der Waals surface area contributed by atoms with E-state index in [1.807, 2.05) is 119 Å². The predicted molar refractivity (Wildman–Crippen MR) is 230 cm³/mol. The van der Waals surface area contributed by atoms with Crippen LogP contribution >= 0.6 is 11.9 Å². The average Bonchev–Trinajstić information content (AvgIpc) is 3.77. The molecule has 2 amide bonds. The van der Waals surface area contributed by atoms with Gasteiger partial charge in [0.2, 0.25) is 0 Å². The number of nitrogens with zero attached hydrogens (tertiary/aromatic N) is 2. The summed E-state index contributed by atoms with van der Waals surface area (Å²) in [6.45, 7) is 24.3. The molecule has 0 saturated carbocycles. The summed E-state index contributed by atoms with van der Waals surface area (Å²) in [5, 5.41) is 3.47. The Hall–Kier alpha value is -4.13. The van der Waals surface area contributed by atoms with Crippen molar-refractivity contribution >= 4 is 47.4 Å². The molecule has 58 heavy (non-hydrogen) atoms. The van der Waals surface area contributed by atoms with Gasteiger partial charge in [-0.05, 0) is 168 Å². The van der Waals surface area contributed by atoms with Gasteiger partial charge < -0.3 is 38.8 Å². The zero-order valence-corrected chi connectivity index (χ0v) is 37.7. The molecule has 2 fully saturated rings. The highest BCUT2D eigenvalue weighted by Crippen LogP contribution is 2.33. The molecule has 2 aliphatic heterocycles. The Morgan fingerprint density at radius 2 is 1.02 bits per heavy atom. The minimum absolute atomic E-state index is 0.0565. The van der Waals surface area contributed by atoms with Crippen molar-refractivity contribution in [3.05, 3.63) is 59.7 Å². The fourth-order valence-electron chi connectivity index (χ4n) is 7.17. The maximum Gasteiger partial charge on any atom is 0.410 e. The second-order valence-corrected chi connectivity index (χ2v) is 20.4. The monoisotopic (exact) mass is 824 g/mol. The second-order valence-electron chi connectivity index (χ2n) is 19.6. The summed E-state index contributed by atoms with van der Waals surface area (Å²) in [5.74, 6) is -0.913. The molecule has 2 saturated heterocycles. The Bertz CT molecular complexity index is 1600. The molecule has 4 rings (SSSR count). The highest BCUT2D eigenvalue weighted by atomic mass is 32.2. The standard InChI is InChI=1S/C45H68N4O8S/c1-42(2,3)54-38(50)36(32-19-21-48(27-32)40(52)56-44(7,8)9)25-30-15-13-17-34(23-30)46-29-58-47-35-18-14-16-31(24-35)26-37(39(51)55-43(4,5)6)33-20-22-49(28-33)41(53)57-45(10,11)12/h13-18,23-24,32-33,36-37,46-47H,19-22,25-29H2,1-12H3/t32-,33-,36-,37-/m0/s1. The van der Waals surface area contributed by atoms with E-state index in [4.69, 9.17) is 18.9 Å². The summed E-state index contributed by atoms with van der Waals surface area (Å²) < 4.78 is 26.4. The average molecular weight is 825 g/mol. The van der Waals surface area contributed by atoms with Gasteiger partial charge in [-0.1, -0.05) is 24.3 Å². The number of hydrogen-bond donors (Lipinski definition) is 2. The molecule has 2 heterocycles. The van der Waals surface area contributed by atoms with Crippen molar-refractivity contribution in [1.29, 1.82) is 0 Å². The molecule has 0 aromatic heterocycles. The highest BCUT2D eigenvalue weighted by molar-refractivity contribution is 8.00. The van der Waals surface area contributed by atoms with E-state index in [2.05, 4.69) is 22.2 Å². The number of ether oxygens (including phenoxy) is 4. The summed E-state index contributed by atoms with van der Waals surface area (Å²) in [4.78, 5) is 56.2. The lowest BCUT2D eigenvalue weighted by Crippen LogP contribution is -2.38. The van der Waals surface area contributed by atoms with Crippen molar-refractivity contribution in [2.45, 2.75) is 131 Å². The smallest absolute Gasteiger partial charge is 0.410 e. The Labute approximate surface area is 350 Å². The number of hydrogen-bond acceptors (Lipinski definition) is 11. The molecule has 0 spiro atoms. The molecule has 2 aromatic carbocycles. The van der Waals surface area contributed by atoms with Crippen molar-refractivity contribution in [2.24, 2.45) is 23.7 Å². The molecule has 12 nitrogen and oxygen atoms in total. The van der Waals surface area contributed by atoms with E-state index in [1.54, 1.807) is 9.80 Å². The Balaban J connectivity index is 1.36. The number of carbonyl (C=O) groups excluding carboxylic acids is 4. The first-order valence-corrected chi connectivity index (χ1v) is 21.5. The number of benzene rings is 2. The van der Waals surface area contributed by atoms with Crippen LogP contribution in [0, 0.1) is 23.7 Å². The van der Waals surface area contributed by atoms with Crippen LogP contribution in [0.1, 0.15) is 107 Å². The van der Waals surface area contributed by atoms with E-state index in [0.29, 0.717) is 57.7 Å². The molecule has 4 atom stereocenters. The van der Waals surface area contributed by atoms with Crippen molar-refractivity contribution < 1.29 is 38.1 Å². The fraction of sp³-hybridized carbons (Fsp3) is 0.644. The van der Waals surface area contributed by atoms with Crippen LogP contribution in [0.4, 0.5) is 21.0 Å². The second kappa shape index (κ2) is 19.3. The van der Waals surface area contributed by atoms with Gasteiger partial charge in [-0.3, -0.25) is 9.59 Å². The summed E-state index contributed by atoms with van der Waals surface area (Å²) in [6, 6.07) is 16.1. The van der Waals surface area contributed by atoms with Gasteiger partial charge in [0.15, 0.2) is 0 Å². The maximum atomic E-state index is 13.6. The van der Waals surface area contributed by atoms with Crippen molar-refractivity contribution in [2.75, 3.05) is 42.1 Å². The van der Waals surface area contributed by atoms with Crippen LogP contribution in [-0.2, 0) is 41.4 Å². The third kappa shape index (κ3) is 15.6.